The Morgan fingerprint density at radius 3 is 2.75 bits per heavy atom. The Bertz CT molecular complexity index is 731. The number of nitrogens with one attached hydrogen (secondary N) is 1. The molecule has 106 valence electrons. The van der Waals surface area contributed by atoms with E-state index in [0.717, 1.165) is 10.1 Å². The van der Waals surface area contributed by atoms with Gasteiger partial charge < -0.3 is 9.84 Å². The second kappa shape index (κ2) is 5.75. The van der Waals surface area contributed by atoms with E-state index >= 15 is 0 Å². The van der Waals surface area contributed by atoms with E-state index in [0.29, 0.717) is 18.7 Å². The summed E-state index contributed by atoms with van der Waals surface area (Å²) in [6.07, 6.45) is 0.333. The van der Waals surface area contributed by atoms with Gasteiger partial charge in [-0.2, -0.15) is 0 Å². The first-order valence-electron chi connectivity index (χ1n) is 6.24. The molecule has 0 aliphatic heterocycles. The first kappa shape index (κ1) is 14.1. The van der Waals surface area contributed by atoms with Gasteiger partial charge in [-0.05, 0) is 24.1 Å². The highest BCUT2D eigenvalue weighted by molar-refractivity contribution is 5.40. The Morgan fingerprint density at radius 1 is 1.35 bits per heavy atom. The van der Waals surface area contributed by atoms with Crippen LogP contribution in [-0.4, -0.2) is 21.8 Å². The van der Waals surface area contributed by atoms with Gasteiger partial charge in [-0.25, -0.2) is 9.36 Å². The molecular weight excluding hydrogens is 260 g/mol. The molecule has 0 atom stereocenters. The Hall–Kier alpha value is -2.34. The molecule has 0 saturated heterocycles. The molecule has 1 heterocycles. The van der Waals surface area contributed by atoms with Crippen LogP contribution in [0, 0.1) is 0 Å². The zero-order valence-electron chi connectivity index (χ0n) is 11.3. The van der Waals surface area contributed by atoms with Crippen LogP contribution in [0.2, 0.25) is 0 Å². The lowest BCUT2D eigenvalue weighted by Gasteiger charge is -2.11. The number of benzene rings is 1. The van der Waals surface area contributed by atoms with Crippen LogP contribution in [0.5, 0.6) is 5.88 Å². The van der Waals surface area contributed by atoms with Crippen molar-refractivity contribution in [2.45, 2.75) is 20.0 Å². The number of H-pyrrole nitrogens is 1. The fourth-order valence-electron chi connectivity index (χ4n) is 2.07. The van der Waals surface area contributed by atoms with E-state index < -0.39 is 11.2 Å². The monoisotopic (exact) mass is 276 g/mol. The highest BCUT2D eigenvalue weighted by Crippen LogP contribution is 2.17. The number of aromatic amines is 1. The fraction of sp³-hybridized carbons (Fsp3) is 0.286. The molecule has 0 aliphatic rings. The third-order valence-corrected chi connectivity index (χ3v) is 3.01. The number of aromatic hydroxyl groups is 1. The van der Waals surface area contributed by atoms with Crippen molar-refractivity contribution >= 4 is 0 Å². The van der Waals surface area contributed by atoms with Crippen molar-refractivity contribution in [3.63, 3.8) is 0 Å². The quantitative estimate of drug-likeness (QED) is 0.870. The van der Waals surface area contributed by atoms with Crippen molar-refractivity contribution in [2.75, 3.05) is 7.11 Å². The second-order valence-corrected chi connectivity index (χ2v) is 4.35. The maximum atomic E-state index is 11.9. The van der Waals surface area contributed by atoms with Crippen molar-refractivity contribution in [3.8, 4) is 11.6 Å². The first-order chi connectivity index (χ1) is 9.58. The number of rotatable bonds is 4. The summed E-state index contributed by atoms with van der Waals surface area (Å²) in [6, 6.07) is 7.01. The molecule has 6 nitrogen and oxygen atoms in total. The normalized spacial score (nSPS) is 10.7. The van der Waals surface area contributed by atoms with Crippen LogP contribution in [0.15, 0.2) is 33.9 Å². The fourth-order valence-corrected chi connectivity index (χ4v) is 2.07. The molecule has 2 N–H and O–H groups in total. The predicted octanol–water partition coefficient (Wildman–Crippen LogP) is 0.940. The summed E-state index contributed by atoms with van der Waals surface area (Å²) in [6.45, 7) is 2.13. The minimum Gasteiger partial charge on any atom is -0.494 e. The average molecular weight is 276 g/mol. The lowest BCUT2D eigenvalue weighted by atomic mass is 10.2. The van der Waals surface area contributed by atoms with Crippen LogP contribution < -0.4 is 11.2 Å². The topological polar surface area (TPSA) is 84.3 Å². The molecule has 1 aromatic heterocycles. The molecule has 0 unspecified atom stereocenters. The van der Waals surface area contributed by atoms with Crippen LogP contribution in [-0.2, 0) is 17.8 Å². The Labute approximate surface area is 115 Å². The summed E-state index contributed by atoms with van der Waals surface area (Å²) in [7, 11) is 1.57. The molecule has 6 heteroatoms. The van der Waals surface area contributed by atoms with Crippen LogP contribution in [0.3, 0.4) is 0 Å². The minimum atomic E-state index is -0.667. The lowest BCUT2D eigenvalue weighted by molar-refractivity contribution is 0.185. The van der Waals surface area contributed by atoms with Gasteiger partial charge in [0.15, 0.2) is 0 Å². The van der Waals surface area contributed by atoms with E-state index in [2.05, 4.69) is 4.98 Å². The molecule has 1 aromatic carbocycles. The van der Waals surface area contributed by atoms with Gasteiger partial charge in [0.05, 0.1) is 17.9 Å². The highest BCUT2D eigenvalue weighted by Gasteiger charge is 2.14. The molecule has 0 radical (unpaired) electrons. The van der Waals surface area contributed by atoms with Gasteiger partial charge in [0, 0.05) is 7.11 Å². The molecule has 20 heavy (non-hydrogen) atoms. The average Bonchev–Trinajstić information content (AvgIpc) is 2.39. The predicted molar refractivity (Wildman–Crippen MR) is 74.4 cm³/mol. The largest absolute Gasteiger partial charge is 0.494 e. The first-order valence-corrected chi connectivity index (χ1v) is 6.24. The molecule has 0 spiro atoms. The summed E-state index contributed by atoms with van der Waals surface area (Å²) in [5, 5.41) is 10.1. The smallest absolute Gasteiger partial charge is 0.335 e. The van der Waals surface area contributed by atoms with E-state index in [4.69, 9.17) is 4.74 Å². The van der Waals surface area contributed by atoms with Crippen molar-refractivity contribution < 1.29 is 9.84 Å². The highest BCUT2D eigenvalue weighted by atomic mass is 16.5. The number of hydrogen-bond acceptors (Lipinski definition) is 4. The molecule has 0 saturated carbocycles. The van der Waals surface area contributed by atoms with Gasteiger partial charge in [0.25, 0.3) is 5.56 Å². The third-order valence-electron chi connectivity index (χ3n) is 3.01. The maximum absolute atomic E-state index is 11.9. The summed E-state index contributed by atoms with van der Waals surface area (Å²) >= 11 is 0. The van der Waals surface area contributed by atoms with Gasteiger partial charge in [-0.15, -0.1) is 0 Å². The zero-order chi connectivity index (χ0) is 14.7. The van der Waals surface area contributed by atoms with Crippen LogP contribution in [0.1, 0.15) is 18.1 Å². The molecule has 2 rings (SSSR count). The minimum absolute atomic E-state index is 0.182. The molecule has 0 aliphatic carbocycles. The molecule has 2 aromatic rings. The van der Waals surface area contributed by atoms with E-state index in [1.807, 2.05) is 6.07 Å². The summed E-state index contributed by atoms with van der Waals surface area (Å²) in [5.41, 5.74) is 0.300. The second-order valence-electron chi connectivity index (χ2n) is 4.35. The van der Waals surface area contributed by atoms with E-state index in [1.165, 1.54) is 0 Å². The number of hydrogen-bond donors (Lipinski definition) is 2. The van der Waals surface area contributed by atoms with Crippen molar-refractivity contribution in [2.24, 2.45) is 0 Å². The van der Waals surface area contributed by atoms with Crippen LogP contribution in [0.25, 0.3) is 5.69 Å². The summed E-state index contributed by atoms with van der Waals surface area (Å²) in [5.74, 6) is -0.323. The summed E-state index contributed by atoms with van der Waals surface area (Å²) < 4.78 is 6.12. The Morgan fingerprint density at radius 2 is 2.10 bits per heavy atom. The number of nitrogens with zero attached hydrogens (tertiary/aromatic N) is 1. The van der Waals surface area contributed by atoms with Gasteiger partial charge in [-0.3, -0.25) is 9.78 Å². The van der Waals surface area contributed by atoms with Crippen molar-refractivity contribution in [1.29, 1.82) is 0 Å². The molecule has 0 amide bonds. The van der Waals surface area contributed by atoms with Crippen molar-refractivity contribution in [3.05, 3.63) is 56.2 Å². The van der Waals surface area contributed by atoms with Crippen LogP contribution in [0.4, 0.5) is 0 Å². The zero-order valence-corrected chi connectivity index (χ0v) is 11.3. The van der Waals surface area contributed by atoms with Crippen LogP contribution >= 0.6 is 0 Å². The standard InChI is InChI=1S/C14H16N2O4/c1-3-11-12(17)15-14(19)16(13(11)18)10-6-4-5-9(7-10)8-20-2/h4-7,18H,3,8H2,1-2H3,(H,15,17,19). The van der Waals surface area contributed by atoms with E-state index in [1.54, 1.807) is 32.2 Å². The van der Waals surface area contributed by atoms with Gasteiger partial charge in [0.2, 0.25) is 5.88 Å². The molecule has 0 fully saturated rings. The molecular formula is C14H16N2O4. The van der Waals surface area contributed by atoms with Gasteiger partial charge in [-0.1, -0.05) is 19.1 Å². The Balaban J connectivity index is 2.66. The number of ether oxygens (including phenoxy) is 1. The molecule has 0 bridgehead atoms. The third kappa shape index (κ3) is 2.50. The number of aromatic nitrogens is 2. The Kier molecular flexibility index (Phi) is 4.05. The van der Waals surface area contributed by atoms with Gasteiger partial charge in [0.1, 0.15) is 0 Å². The van der Waals surface area contributed by atoms with Crippen molar-refractivity contribution in [1.82, 2.24) is 9.55 Å². The van der Waals surface area contributed by atoms with E-state index in [-0.39, 0.29) is 11.4 Å². The van der Waals surface area contributed by atoms with Gasteiger partial charge >= 0.3 is 5.69 Å². The van der Waals surface area contributed by atoms with E-state index in [9.17, 15) is 14.7 Å². The lowest BCUT2D eigenvalue weighted by Crippen LogP contribution is -2.31. The number of methoxy groups -OCH3 is 1. The SMILES string of the molecule is CCc1c(O)n(-c2cccc(COC)c2)c(=O)[nH]c1=O. The maximum Gasteiger partial charge on any atom is 0.335 e. The summed E-state index contributed by atoms with van der Waals surface area (Å²) in [4.78, 5) is 25.7.